The van der Waals surface area contributed by atoms with Crippen LogP contribution in [-0.2, 0) is 6.42 Å². The Balaban J connectivity index is 1.83. The molecule has 2 aromatic rings. The second-order valence-electron chi connectivity index (χ2n) is 4.81. The predicted molar refractivity (Wildman–Crippen MR) is 78.3 cm³/mol. The first-order valence-electron chi connectivity index (χ1n) is 6.32. The molecule has 102 valence electrons. The number of aliphatic hydroxyl groups is 1. The smallest absolute Gasteiger partial charge is 0.253 e. The van der Waals surface area contributed by atoms with Crippen molar-refractivity contribution in [2.24, 2.45) is 0 Å². The summed E-state index contributed by atoms with van der Waals surface area (Å²) in [5.41, 5.74) is 2.53. The van der Waals surface area contributed by atoms with Crippen LogP contribution in [-0.4, -0.2) is 22.1 Å². The molecule has 0 saturated heterocycles. The van der Waals surface area contributed by atoms with Crippen molar-refractivity contribution in [1.29, 1.82) is 0 Å². The molecule has 20 heavy (non-hydrogen) atoms. The van der Waals surface area contributed by atoms with E-state index >= 15 is 0 Å². The average Bonchev–Trinajstić information content (AvgIpc) is 2.75. The van der Waals surface area contributed by atoms with E-state index in [1.54, 1.807) is 12.3 Å². The van der Waals surface area contributed by atoms with Crippen molar-refractivity contribution < 1.29 is 9.90 Å². The van der Waals surface area contributed by atoms with Crippen LogP contribution >= 0.6 is 15.9 Å². The van der Waals surface area contributed by atoms with Crippen LogP contribution in [0.1, 0.15) is 27.5 Å². The van der Waals surface area contributed by atoms with Gasteiger partial charge in [0.2, 0.25) is 0 Å². The number of carbonyl (C=O) groups excluding carboxylic acids is 1. The number of hydrogen-bond donors (Lipinski definition) is 2. The van der Waals surface area contributed by atoms with E-state index in [2.05, 4.69) is 26.2 Å². The topological polar surface area (TPSA) is 62.2 Å². The molecule has 1 amide bonds. The summed E-state index contributed by atoms with van der Waals surface area (Å²) in [4.78, 5) is 16.2. The summed E-state index contributed by atoms with van der Waals surface area (Å²) < 4.78 is 0.748. The van der Waals surface area contributed by atoms with E-state index in [0.717, 1.165) is 15.6 Å². The number of pyridine rings is 1. The van der Waals surface area contributed by atoms with Crippen molar-refractivity contribution in [3.63, 3.8) is 0 Å². The van der Waals surface area contributed by atoms with Gasteiger partial charge < -0.3 is 10.4 Å². The standard InChI is InChI=1S/C15H13BrN2O2/c16-11-5-10(7-17-8-11)15(20)18-14-12-4-2-1-3-9(12)6-13(14)19/h1-5,7-8,13-14,19H,6H2,(H,18,20). The molecule has 0 aliphatic heterocycles. The predicted octanol–water partition coefficient (Wildman–Crippen LogP) is 2.23. The van der Waals surface area contributed by atoms with Crippen LogP contribution in [0.15, 0.2) is 47.2 Å². The Morgan fingerprint density at radius 3 is 2.95 bits per heavy atom. The lowest BCUT2D eigenvalue weighted by atomic mass is 10.1. The Bertz CT molecular complexity index is 660. The van der Waals surface area contributed by atoms with Crippen molar-refractivity contribution in [1.82, 2.24) is 10.3 Å². The summed E-state index contributed by atoms with van der Waals surface area (Å²) >= 11 is 3.29. The molecule has 1 aromatic heterocycles. The van der Waals surface area contributed by atoms with Gasteiger partial charge in [-0.2, -0.15) is 0 Å². The number of amides is 1. The van der Waals surface area contributed by atoms with Crippen molar-refractivity contribution in [2.45, 2.75) is 18.6 Å². The number of nitrogens with one attached hydrogen (secondary N) is 1. The third-order valence-electron chi connectivity index (χ3n) is 3.46. The summed E-state index contributed by atoms with van der Waals surface area (Å²) in [7, 11) is 0. The Kier molecular flexibility index (Phi) is 3.54. The van der Waals surface area contributed by atoms with Gasteiger partial charge in [-0.3, -0.25) is 9.78 Å². The molecule has 1 heterocycles. The fraction of sp³-hybridized carbons (Fsp3) is 0.200. The summed E-state index contributed by atoms with van der Waals surface area (Å²) in [6.45, 7) is 0. The van der Waals surface area contributed by atoms with Gasteiger partial charge in [-0.25, -0.2) is 0 Å². The average molecular weight is 333 g/mol. The van der Waals surface area contributed by atoms with E-state index < -0.39 is 6.10 Å². The molecule has 2 N–H and O–H groups in total. The van der Waals surface area contributed by atoms with Crippen molar-refractivity contribution in [3.05, 3.63) is 63.9 Å². The van der Waals surface area contributed by atoms with E-state index in [4.69, 9.17) is 0 Å². The highest BCUT2D eigenvalue weighted by Gasteiger charge is 2.32. The van der Waals surface area contributed by atoms with Crippen molar-refractivity contribution in [2.75, 3.05) is 0 Å². The molecule has 0 radical (unpaired) electrons. The van der Waals surface area contributed by atoms with Crippen LogP contribution in [0.25, 0.3) is 0 Å². The zero-order valence-electron chi connectivity index (χ0n) is 10.6. The highest BCUT2D eigenvalue weighted by Crippen LogP contribution is 2.31. The third-order valence-corrected chi connectivity index (χ3v) is 3.89. The first-order chi connectivity index (χ1) is 9.65. The number of fused-ring (bicyclic) bond motifs is 1. The number of nitrogens with zero attached hydrogens (tertiary/aromatic N) is 1. The zero-order chi connectivity index (χ0) is 14.1. The van der Waals surface area contributed by atoms with E-state index in [-0.39, 0.29) is 11.9 Å². The monoisotopic (exact) mass is 332 g/mol. The molecule has 0 fully saturated rings. The van der Waals surface area contributed by atoms with Crippen LogP contribution < -0.4 is 5.32 Å². The number of benzene rings is 1. The van der Waals surface area contributed by atoms with E-state index in [1.807, 2.05) is 24.3 Å². The zero-order valence-corrected chi connectivity index (χ0v) is 12.2. The molecule has 2 atom stereocenters. The molecule has 0 saturated carbocycles. The highest BCUT2D eigenvalue weighted by atomic mass is 79.9. The van der Waals surface area contributed by atoms with E-state index in [1.165, 1.54) is 6.20 Å². The first-order valence-corrected chi connectivity index (χ1v) is 7.12. The maximum absolute atomic E-state index is 12.2. The van der Waals surface area contributed by atoms with Crippen molar-refractivity contribution in [3.8, 4) is 0 Å². The molecule has 3 rings (SSSR count). The van der Waals surface area contributed by atoms with Crippen LogP contribution in [0.5, 0.6) is 0 Å². The fourth-order valence-corrected chi connectivity index (χ4v) is 2.87. The van der Waals surface area contributed by atoms with Crippen LogP contribution in [0.2, 0.25) is 0 Å². The second-order valence-corrected chi connectivity index (χ2v) is 5.73. The quantitative estimate of drug-likeness (QED) is 0.886. The maximum atomic E-state index is 12.2. The Labute approximate surface area is 125 Å². The summed E-state index contributed by atoms with van der Waals surface area (Å²) in [5, 5.41) is 13.0. The summed E-state index contributed by atoms with van der Waals surface area (Å²) in [6.07, 6.45) is 3.11. The van der Waals surface area contributed by atoms with Gasteiger partial charge in [0.05, 0.1) is 17.7 Å². The lowest BCUT2D eigenvalue weighted by Crippen LogP contribution is -2.33. The number of hydrogen-bond acceptors (Lipinski definition) is 3. The van der Waals surface area contributed by atoms with Gasteiger partial charge in [0.1, 0.15) is 0 Å². The molecule has 1 aliphatic carbocycles. The number of rotatable bonds is 2. The molecule has 0 bridgehead atoms. The van der Waals surface area contributed by atoms with Crippen LogP contribution in [0.3, 0.4) is 0 Å². The molecule has 5 heteroatoms. The van der Waals surface area contributed by atoms with Gasteiger partial charge in [0.25, 0.3) is 5.91 Å². The molecule has 1 aromatic carbocycles. The minimum absolute atomic E-state index is 0.237. The molecule has 1 aliphatic rings. The molecule has 2 unspecified atom stereocenters. The largest absolute Gasteiger partial charge is 0.390 e. The Hall–Kier alpha value is -1.72. The Morgan fingerprint density at radius 2 is 2.15 bits per heavy atom. The van der Waals surface area contributed by atoms with Gasteiger partial charge in [-0.1, -0.05) is 24.3 Å². The first kappa shape index (κ1) is 13.3. The van der Waals surface area contributed by atoms with Gasteiger partial charge in [0, 0.05) is 23.3 Å². The van der Waals surface area contributed by atoms with E-state index in [0.29, 0.717) is 12.0 Å². The SMILES string of the molecule is O=C(NC1c2ccccc2CC1O)c1cncc(Br)c1. The van der Waals surface area contributed by atoms with Gasteiger partial charge in [0.15, 0.2) is 0 Å². The second kappa shape index (κ2) is 5.34. The minimum atomic E-state index is -0.587. The van der Waals surface area contributed by atoms with E-state index in [9.17, 15) is 9.90 Å². The molecule has 0 spiro atoms. The molecule has 4 nitrogen and oxygen atoms in total. The summed E-state index contributed by atoms with van der Waals surface area (Å²) in [6, 6.07) is 9.11. The Morgan fingerprint density at radius 1 is 1.35 bits per heavy atom. The maximum Gasteiger partial charge on any atom is 0.253 e. The number of carbonyl (C=O) groups is 1. The minimum Gasteiger partial charge on any atom is -0.390 e. The molecular formula is C15H13BrN2O2. The number of halogens is 1. The third kappa shape index (κ3) is 2.46. The number of aromatic nitrogens is 1. The van der Waals surface area contributed by atoms with Crippen molar-refractivity contribution >= 4 is 21.8 Å². The van der Waals surface area contributed by atoms with Gasteiger partial charge in [-0.15, -0.1) is 0 Å². The normalized spacial score (nSPS) is 20.5. The number of aliphatic hydroxyl groups excluding tert-OH is 1. The fourth-order valence-electron chi connectivity index (χ4n) is 2.51. The lowest BCUT2D eigenvalue weighted by molar-refractivity contribution is 0.0858. The van der Waals surface area contributed by atoms with Gasteiger partial charge >= 0.3 is 0 Å². The summed E-state index contributed by atoms with van der Waals surface area (Å²) in [5.74, 6) is -0.237. The van der Waals surface area contributed by atoms with Crippen LogP contribution in [0.4, 0.5) is 0 Å². The highest BCUT2D eigenvalue weighted by molar-refractivity contribution is 9.10. The van der Waals surface area contributed by atoms with Gasteiger partial charge in [-0.05, 0) is 33.1 Å². The molecular weight excluding hydrogens is 320 g/mol. The van der Waals surface area contributed by atoms with Crippen LogP contribution in [0, 0.1) is 0 Å². The lowest BCUT2D eigenvalue weighted by Gasteiger charge is -2.17.